The Bertz CT molecular complexity index is 436. The highest BCUT2D eigenvalue weighted by atomic mass is 127. The van der Waals surface area contributed by atoms with E-state index in [1.54, 1.807) is 11.3 Å². The first-order valence-electron chi connectivity index (χ1n) is 3.34. The third kappa shape index (κ3) is 1.22. The molecule has 0 saturated heterocycles. The third-order valence-electron chi connectivity index (χ3n) is 1.69. The van der Waals surface area contributed by atoms with Gasteiger partial charge in [0.1, 0.15) is 0 Å². The summed E-state index contributed by atoms with van der Waals surface area (Å²) in [5.74, 6) is 0. The molecule has 62 valence electrons. The monoisotopic (exact) mass is 307 g/mol. The number of anilines is 1. The predicted octanol–water partition coefficient (Wildman–Crippen LogP) is 3.38. The van der Waals surface area contributed by atoms with Crippen molar-refractivity contribution in [2.75, 3.05) is 5.73 Å². The zero-order valence-corrected chi connectivity index (χ0v) is 9.91. The number of nitrogens with two attached hydrogens (primary N) is 1. The normalized spacial score (nSPS) is 10.8. The van der Waals surface area contributed by atoms with E-state index in [1.807, 2.05) is 12.1 Å². The molecule has 0 radical (unpaired) electrons. The van der Waals surface area contributed by atoms with Crippen LogP contribution in [-0.4, -0.2) is 0 Å². The molecule has 2 N–H and O–H groups in total. The molecule has 1 heterocycles. The van der Waals surface area contributed by atoms with Crippen LogP contribution < -0.4 is 5.73 Å². The quantitative estimate of drug-likeness (QED) is 0.435. The van der Waals surface area contributed by atoms with Gasteiger partial charge in [-0.1, -0.05) is 0 Å². The van der Waals surface area contributed by atoms with Gasteiger partial charge < -0.3 is 5.73 Å². The molecule has 0 atom stereocenters. The van der Waals surface area contributed by atoms with Crippen molar-refractivity contribution in [2.24, 2.45) is 0 Å². The van der Waals surface area contributed by atoms with E-state index in [2.05, 4.69) is 40.6 Å². The summed E-state index contributed by atoms with van der Waals surface area (Å²) in [4.78, 5) is 0.961. The molecule has 0 fully saturated rings. The Hall–Kier alpha value is 0.0600. The third-order valence-corrected chi connectivity index (χ3v) is 4.89. The molecule has 1 nitrogen and oxygen atoms in total. The molecule has 0 aliphatic heterocycles. The van der Waals surface area contributed by atoms with Crippen LogP contribution in [0.1, 0.15) is 0 Å². The van der Waals surface area contributed by atoms with Gasteiger partial charge in [-0.3, -0.25) is 0 Å². The smallest absolute Gasteiger partial charge is 0.0508 e. The maximum Gasteiger partial charge on any atom is 0.0508 e. The van der Waals surface area contributed by atoms with Gasteiger partial charge in [-0.05, 0) is 40.1 Å². The Morgan fingerprint density at radius 1 is 1.50 bits per heavy atom. The average Bonchev–Trinajstić information content (AvgIpc) is 2.48. The van der Waals surface area contributed by atoms with E-state index in [0.29, 0.717) is 0 Å². The van der Waals surface area contributed by atoms with Crippen LogP contribution in [0.4, 0.5) is 5.69 Å². The van der Waals surface area contributed by atoms with Gasteiger partial charge in [0.15, 0.2) is 0 Å². The maximum atomic E-state index is 5.82. The lowest BCUT2D eigenvalue weighted by atomic mass is 10.2. The number of benzene rings is 1. The summed E-state index contributed by atoms with van der Waals surface area (Å²) in [7, 11) is 0. The summed E-state index contributed by atoms with van der Waals surface area (Å²) in [6.07, 6.45) is 0. The number of thiol groups is 1. The minimum Gasteiger partial charge on any atom is -0.398 e. The van der Waals surface area contributed by atoms with Gasteiger partial charge in [0.2, 0.25) is 0 Å². The maximum absolute atomic E-state index is 5.82. The highest BCUT2D eigenvalue weighted by molar-refractivity contribution is 14.1. The lowest BCUT2D eigenvalue weighted by Crippen LogP contribution is -1.87. The summed E-state index contributed by atoms with van der Waals surface area (Å²) in [5, 5.41) is 3.19. The van der Waals surface area contributed by atoms with Gasteiger partial charge in [0.05, 0.1) is 4.70 Å². The van der Waals surface area contributed by atoms with Crippen LogP contribution in [0.2, 0.25) is 0 Å². The van der Waals surface area contributed by atoms with Crippen molar-refractivity contribution in [2.45, 2.75) is 4.90 Å². The van der Waals surface area contributed by atoms with E-state index in [-0.39, 0.29) is 0 Å². The Labute approximate surface area is 93.5 Å². The SMILES string of the molecule is Nc1cc(S)c(I)c2sccc12. The van der Waals surface area contributed by atoms with Crippen LogP contribution in [0.15, 0.2) is 22.4 Å². The summed E-state index contributed by atoms with van der Waals surface area (Å²) in [6.45, 7) is 0. The molecule has 0 aliphatic rings. The van der Waals surface area contributed by atoms with Crippen molar-refractivity contribution >= 4 is 62.3 Å². The highest BCUT2D eigenvalue weighted by Crippen LogP contribution is 2.34. The average molecular weight is 307 g/mol. The zero-order chi connectivity index (χ0) is 8.72. The van der Waals surface area contributed by atoms with E-state index in [1.165, 1.54) is 8.27 Å². The first-order valence-corrected chi connectivity index (χ1v) is 5.75. The highest BCUT2D eigenvalue weighted by Gasteiger charge is 2.06. The van der Waals surface area contributed by atoms with E-state index in [9.17, 15) is 0 Å². The Balaban J connectivity index is 2.97. The number of rotatable bonds is 0. The summed E-state index contributed by atoms with van der Waals surface area (Å²) in [6, 6.07) is 3.95. The molecule has 0 unspecified atom stereocenters. The summed E-state index contributed by atoms with van der Waals surface area (Å²) < 4.78 is 2.43. The first-order chi connectivity index (χ1) is 5.70. The van der Waals surface area contributed by atoms with Gasteiger partial charge in [-0.15, -0.1) is 24.0 Å². The number of hydrogen-bond donors (Lipinski definition) is 2. The van der Waals surface area contributed by atoms with Crippen molar-refractivity contribution in [1.82, 2.24) is 0 Å². The standard InChI is InChI=1S/C8H6INS2/c9-7-6(11)3-5(10)4-1-2-12-8(4)7/h1-3,11H,10H2. The van der Waals surface area contributed by atoms with Crippen LogP contribution in [0.25, 0.3) is 10.1 Å². The Morgan fingerprint density at radius 2 is 2.25 bits per heavy atom. The van der Waals surface area contributed by atoms with Crippen molar-refractivity contribution in [3.8, 4) is 0 Å². The van der Waals surface area contributed by atoms with E-state index >= 15 is 0 Å². The molecule has 0 spiro atoms. The van der Waals surface area contributed by atoms with Crippen LogP contribution in [0, 0.1) is 3.57 Å². The second-order valence-electron chi connectivity index (χ2n) is 2.46. The molecule has 0 aliphatic carbocycles. The fraction of sp³-hybridized carbons (Fsp3) is 0. The van der Waals surface area contributed by atoms with E-state index < -0.39 is 0 Å². The first kappa shape index (κ1) is 8.65. The second-order valence-corrected chi connectivity index (χ2v) is 4.94. The van der Waals surface area contributed by atoms with Crippen molar-refractivity contribution < 1.29 is 0 Å². The molecule has 2 aromatic rings. The Morgan fingerprint density at radius 3 is 3.00 bits per heavy atom. The number of thiophene rings is 1. The molecule has 1 aromatic heterocycles. The van der Waals surface area contributed by atoms with Crippen LogP contribution >= 0.6 is 46.6 Å². The molecular weight excluding hydrogens is 301 g/mol. The minimum atomic E-state index is 0.816. The number of hydrogen-bond acceptors (Lipinski definition) is 3. The molecule has 4 heteroatoms. The van der Waals surface area contributed by atoms with Gasteiger partial charge in [-0.2, -0.15) is 0 Å². The van der Waals surface area contributed by atoms with Gasteiger partial charge in [0.25, 0.3) is 0 Å². The largest absolute Gasteiger partial charge is 0.398 e. The number of nitrogen functional groups attached to an aromatic ring is 1. The van der Waals surface area contributed by atoms with Crippen molar-refractivity contribution in [1.29, 1.82) is 0 Å². The molecule has 0 bridgehead atoms. The Kier molecular flexibility index (Phi) is 2.22. The molecule has 2 rings (SSSR count). The molecule has 12 heavy (non-hydrogen) atoms. The molecule has 1 aromatic carbocycles. The topological polar surface area (TPSA) is 26.0 Å². The van der Waals surface area contributed by atoms with Crippen LogP contribution in [0.5, 0.6) is 0 Å². The van der Waals surface area contributed by atoms with E-state index in [4.69, 9.17) is 5.73 Å². The zero-order valence-electron chi connectivity index (χ0n) is 6.04. The lowest BCUT2D eigenvalue weighted by molar-refractivity contribution is 1.48. The second kappa shape index (κ2) is 3.08. The number of halogens is 1. The van der Waals surface area contributed by atoms with Crippen LogP contribution in [-0.2, 0) is 0 Å². The number of fused-ring (bicyclic) bond motifs is 1. The molecule has 0 amide bonds. The fourth-order valence-electron chi connectivity index (χ4n) is 1.11. The van der Waals surface area contributed by atoms with Gasteiger partial charge >= 0.3 is 0 Å². The summed E-state index contributed by atoms with van der Waals surface area (Å²) in [5.41, 5.74) is 6.64. The molecule has 0 saturated carbocycles. The van der Waals surface area contributed by atoms with Crippen LogP contribution in [0.3, 0.4) is 0 Å². The van der Waals surface area contributed by atoms with E-state index in [0.717, 1.165) is 16.0 Å². The lowest BCUT2D eigenvalue weighted by Gasteiger charge is -2.01. The predicted molar refractivity (Wildman–Crippen MR) is 66.2 cm³/mol. The van der Waals surface area contributed by atoms with Crippen molar-refractivity contribution in [3.05, 3.63) is 21.1 Å². The molecular formula is C8H6INS2. The minimum absolute atomic E-state index is 0.816. The summed E-state index contributed by atoms with van der Waals surface area (Å²) >= 11 is 8.34. The van der Waals surface area contributed by atoms with Crippen molar-refractivity contribution in [3.63, 3.8) is 0 Å². The van der Waals surface area contributed by atoms with Gasteiger partial charge in [0, 0.05) is 19.5 Å². The fourth-order valence-corrected chi connectivity index (χ4v) is 3.13. The van der Waals surface area contributed by atoms with Gasteiger partial charge in [-0.25, -0.2) is 0 Å².